The Bertz CT molecular complexity index is 475. The van der Waals surface area contributed by atoms with Gasteiger partial charge >= 0.3 is 0 Å². The predicted octanol–water partition coefficient (Wildman–Crippen LogP) is 0.797. The highest BCUT2D eigenvalue weighted by atomic mass is 16.3. The van der Waals surface area contributed by atoms with Crippen molar-refractivity contribution in [2.75, 3.05) is 0 Å². The van der Waals surface area contributed by atoms with Crippen molar-refractivity contribution in [1.29, 1.82) is 0 Å². The molecule has 0 saturated carbocycles. The molecule has 13 heavy (non-hydrogen) atoms. The molecule has 1 aromatic heterocycles. The van der Waals surface area contributed by atoms with Gasteiger partial charge in [-0.2, -0.15) is 4.68 Å². The van der Waals surface area contributed by atoms with Crippen molar-refractivity contribution in [2.45, 2.75) is 6.92 Å². The number of carbonyl (C=O) groups is 1. The summed E-state index contributed by atoms with van der Waals surface area (Å²) in [5, 5.41) is 16.5. The van der Waals surface area contributed by atoms with Gasteiger partial charge < -0.3 is 5.11 Å². The van der Waals surface area contributed by atoms with Crippen LogP contribution in [0, 0.1) is 0 Å². The summed E-state index contributed by atoms with van der Waals surface area (Å²) in [5.74, 6) is -0.0868. The van der Waals surface area contributed by atoms with Gasteiger partial charge in [0.15, 0.2) is 0 Å². The summed E-state index contributed by atoms with van der Waals surface area (Å²) in [4.78, 5) is 11.0. The van der Waals surface area contributed by atoms with E-state index in [0.29, 0.717) is 11.0 Å². The Morgan fingerprint density at radius 1 is 1.54 bits per heavy atom. The molecule has 5 nitrogen and oxygen atoms in total. The monoisotopic (exact) mass is 177 g/mol. The highest BCUT2D eigenvalue weighted by molar-refractivity contribution is 5.87. The van der Waals surface area contributed by atoms with Gasteiger partial charge in [-0.15, -0.1) is 5.10 Å². The summed E-state index contributed by atoms with van der Waals surface area (Å²) < 4.78 is 1.19. The molecule has 5 heteroatoms. The molecular formula is C8H7N3O2. The lowest BCUT2D eigenvalue weighted by atomic mass is 10.3. The third kappa shape index (κ3) is 1.14. The Morgan fingerprint density at radius 2 is 2.31 bits per heavy atom. The molecule has 1 aromatic carbocycles. The molecule has 66 valence electrons. The maximum absolute atomic E-state index is 11.0. The molecule has 0 aliphatic heterocycles. The van der Waals surface area contributed by atoms with Crippen LogP contribution in [0.15, 0.2) is 18.2 Å². The van der Waals surface area contributed by atoms with Crippen molar-refractivity contribution >= 4 is 16.9 Å². The van der Waals surface area contributed by atoms with Gasteiger partial charge in [0.05, 0.1) is 5.52 Å². The lowest BCUT2D eigenvalue weighted by Gasteiger charge is -1.94. The van der Waals surface area contributed by atoms with E-state index in [1.165, 1.54) is 23.7 Å². The minimum absolute atomic E-state index is 0.114. The molecule has 2 rings (SSSR count). The second-order valence-corrected chi connectivity index (χ2v) is 2.69. The maximum Gasteiger partial charge on any atom is 0.245 e. The third-order valence-electron chi connectivity index (χ3n) is 1.73. The minimum Gasteiger partial charge on any atom is -0.508 e. The average molecular weight is 177 g/mol. The Hall–Kier alpha value is -1.91. The number of aromatic nitrogens is 3. The van der Waals surface area contributed by atoms with Crippen LogP contribution < -0.4 is 0 Å². The van der Waals surface area contributed by atoms with Crippen LogP contribution in [0.25, 0.3) is 11.0 Å². The van der Waals surface area contributed by atoms with Gasteiger partial charge in [0.1, 0.15) is 11.3 Å². The Balaban J connectivity index is 2.76. The fourth-order valence-electron chi connectivity index (χ4n) is 1.14. The fraction of sp³-hybridized carbons (Fsp3) is 0.125. The summed E-state index contributed by atoms with van der Waals surface area (Å²) in [5.41, 5.74) is 1.11. The number of hydrogen-bond acceptors (Lipinski definition) is 4. The molecule has 0 unspecified atom stereocenters. The van der Waals surface area contributed by atoms with Crippen molar-refractivity contribution < 1.29 is 9.90 Å². The van der Waals surface area contributed by atoms with E-state index in [1.54, 1.807) is 6.07 Å². The lowest BCUT2D eigenvalue weighted by molar-refractivity contribution is 0.0924. The van der Waals surface area contributed by atoms with E-state index in [1.807, 2.05) is 0 Å². The Labute approximate surface area is 73.6 Å². The fourth-order valence-corrected chi connectivity index (χ4v) is 1.14. The number of carbonyl (C=O) groups excluding carboxylic acids is 1. The van der Waals surface area contributed by atoms with E-state index in [-0.39, 0.29) is 11.7 Å². The third-order valence-corrected chi connectivity index (χ3v) is 1.73. The van der Waals surface area contributed by atoms with Gasteiger partial charge in [0.2, 0.25) is 5.91 Å². The van der Waals surface area contributed by atoms with Crippen LogP contribution in [-0.4, -0.2) is 26.0 Å². The van der Waals surface area contributed by atoms with E-state index in [9.17, 15) is 4.79 Å². The van der Waals surface area contributed by atoms with Gasteiger partial charge in [-0.3, -0.25) is 4.79 Å². The molecule has 0 saturated heterocycles. The Morgan fingerprint density at radius 3 is 3.00 bits per heavy atom. The molecule has 0 bridgehead atoms. The number of aromatic hydroxyl groups is 1. The quantitative estimate of drug-likeness (QED) is 0.646. The number of phenolic OH excluding ortho intramolecular Hbond substituents is 1. The maximum atomic E-state index is 11.0. The molecule has 1 N–H and O–H groups in total. The number of rotatable bonds is 0. The first-order chi connectivity index (χ1) is 6.18. The van der Waals surface area contributed by atoms with Gasteiger partial charge in [-0.05, 0) is 12.1 Å². The summed E-state index contributed by atoms with van der Waals surface area (Å²) >= 11 is 0. The van der Waals surface area contributed by atoms with Crippen LogP contribution in [0.4, 0.5) is 0 Å². The second-order valence-electron chi connectivity index (χ2n) is 2.69. The number of hydrogen-bond donors (Lipinski definition) is 1. The average Bonchev–Trinajstić information content (AvgIpc) is 2.46. The summed E-state index contributed by atoms with van der Waals surface area (Å²) in [6, 6.07) is 4.55. The molecule has 0 radical (unpaired) electrons. The molecule has 2 aromatic rings. The van der Waals surface area contributed by atoms with Crippen LogP contribution in [0.5, 0.6) is 5.75 Å². The minimum atomic E-state index is -0.201. The van der Waals surface area contributed by atoms with Gasteiger partial charge in [0, 0.05) is 13.0 Å². The topological polar surface area (TPSA) is 68.0 Å². The molecule has 0 spiro atoms. The van der Waals surface area contributed by atoms with Crippen LogP contribution >= 0.6 is 0 Å². The van der Waals surface area contributed by atoms with Crippen LogP contribution in [0.2, 0.25) is 0 Å². The van der Waals surface area contributed by atoms with Gasteiger partial charge in [-0.25, -0.2) is 0 Å². The van der Waals surface area contributed by atoms with E-state index in [2.05, 4.69) is 10.3 Å². The largest absolute Gasteiger partial charge is 0.508 e. The Kier molecular flexibility index (Phi) is 1.51. The zero-order valence-electron chi connectivity index (χ0n) is 6.93. The van der Waals surface area contributed by atoms with Crippen molar-refractivity contribution in [3.63, 3.8) is 0 Å². The normalized spacial score (nSPS) is 10.5. The number of nitrogens with zero attached hydrogens (tertiary/aromatic N) is 3. The van der Waals surface area contributed by atoms with Crippen molar-refractivity contribution in [1.82, 2.24) is 15.0 Å². The highest BCUT2D eigenvalue weighted by Crippen LogP contribution is 2.16. The van der Waals surface area contributed by atoms with E-state index in [0.717, 1.165) is 0 Å². The van der Waals surface area contributed by atoms with Crippen LogP contribution in [0.1, 0.15) is 11.7 Å². The first-order valence-electron chi connectivity index (χ1n) is 3.74. The number of fused-ring (bicyclic) bond motifs is 1. The van der Waals surface area contributed by atoms with E-state index >= 15 is 0 Å². The zero-order valence-corrected chi connectivity index (χ0v) is 6.93. The first-order valence-corrected chi connectivity index (χ1v) is 3.74. The summed E-state index contributed by atoms with van der Waals surface area (Å²) in [6.07, 6.45) is 0. The summed E-state index contributed by atoms with van der Waals surface area (Å²) in [7, 11) is 0. The van der Waals surface area contributed by atoms with Gasteiger partial charge in [-0.1, -0.05) is 5.21 Å². The van der Waals surface area contributed by atoms with Gasteiger partial charge in [0.25, 0.3) is 0 Å². The van der Waals surface area contributed by atoms with Crippen LogP contribution in [0.3, 0.4) is 0 Å². The number of benzene rings is 1. The molecule has 1 heterocycles. The molecule has 0 aliphatic carbocycles. The smallest absolute Gasteiger partial charge is 0.245 e. The molecule has 0 aliphatic rings. The summed E-state index contributed by atoms with van der Waals surface area (Å²) in [6.45, 7) is 1.40. The lowest BCUT2D eigenvalue weighted by Crippen LogP contribution is -2.06. The highest BCUT2D eigenvalue weighted by Gasteiger charge is 2.07. The van der Waals surface area contributed by atoms with Crippen molar-refractivity contribution in [3.8, 4) is 5.75 Å². The van der Waals surface area contributed by atoms with E-state index in [4.69, 9.17) is 5.11 Å². The predicted molar refractivity (Wildman–Crippen MR) is 45.5 cm³/mol. The number of phenols is 1. The zero-order chi connectivity index (χ0) is 9.42. The first kappa shape index (κ1) is 7.72. The molecular weight excluding hydrogens is 170 g/mol. The van der Waals surface area contributed by atoms with Crippen LogP contribution in [-0.2, 0) is 0 Å². The van der Waals surface area contributed by atoms with Crippen molar-refractivity contribution in [3.05, 3.63) is 18.2 Å². The standard InChI is InChI=1S/C8H7N3O2/c1-5(12)11-8-3-2-6(13)4-7(8)9-10-11/h2-4,13H,1H3. The second kappa shape index (κ2) is 2.55. The molecule has 0 fully saturated rings. The van der Waals surface area contributed by atoms with Crippen molar-refractivity contribution in [2.24, 2.45) is 0 Å². The molecule has 0 amide bonds. The molecule has 0 atom stereocenters. The van der Waals surface area contributed by atoms with E-state index < -0.39 is 0 Å². The SMILES string of the molecule is CC(=O)n1nnc2cc(O)ccc21.